The highest BCUT2D eigenvalue weighted by Crippen LogP contribution is 2.42. The van der Waals surface area contributed by atoms with Crippen LogP contribution in [0.1, 0.15) is 29.8 Å². The van der Waals surface area contributed by atoms with E-state index in [2.05, 4.69) is 27.0 Å². The van der Waals surface area contributed by atoms with Crippen molar-refractivity contribution in [1.29, 1.82) is 0 Å². The van der Waals surface area contributed by atoms with Crippen molar-refractivity contribution >= 4 is 0 Å². The SMILES string of the molecule is Cc1cccc(COCC[C@H]2CCOC23CN(Cc2ccncc2)C3)n1. The van der Waals surface area contributed by atoms with E-state index in [4.69, 9.17) is 9.47 Å². The molecule has 1 atom stereocenters. The van der Waals surface area contributed by atoms with Gasteiger partial charge in [-0.05, 0) is 55.5 Å². The maximum absolute atomic E-state index is 6.17. The molecule has 138 valence electrons. The zero-order valence-electron chi connectivity index (χ0n) is 15.4. The molecule has 0 radical (unpaired) electrons. The van der Waals surface area contributed by atoms with Crippen LogP contribution in [0.25, 0.3) is 0 Å². The normalized spacial score (nSPS) is 21.8. The van der Waals surface area contributed by atoms with Gasteiger partial charge in [0.25, 0.3) is 0 Å². The Balaban J connectivity index is 1.22. The van der Waals surface area contributed by atoms with Crippen LogP contribution in [-0.4, -0.2) is 46.8 Å². The molecule has 0 unspecified atom stereocenters. The standard InChI is InChI=1S/C21H27N3O2/c1-17-3-2-4-20(23-17)14-25-11-7-19-8-12-26-21(19)15-24(16-21)13-18-5-9-22-10-6-18/h2-6,9-10,19H,7-8,11-16H2,1H3/t19-/m0/s1. The third kappa shape index (κ3) is 3.95. The zero-order chi connectivity index (χ0) is 17.8. The van der Waals surface area contributed by atoms with Gasteiger partial charge in [-0.2, -0.15) is 0 Å². The van der Waals surface area contributed by atoms with Crippen molar-refractivity contribution in [3.8, 4) is 0 Å². The Bertz CT molecular complexity index is 716. The quantitative estimate of drug-likeness (QED) is 0.716. The van der Waals surface area contributed by atoms with Crippen molar-refractivity contribution in [3.05, 3.63) is 59.7 Å². The molecule has 2 aliphatic rings. The Kier molecular flexibility index (Phi) is 5.29. The van der Waals surface area contributed by atoms with Crippen LogP contribution >= 0.6 is 0 Å². The third-order valence-corrected chi connectivity index (χ3v) is 5.54. The van der Waals surface area contributed by atoms with Crippen molar-refractivity contribution in [3.63, 3.8) is 0 Å². The fraction of sp³-hybridized carbons (Fsp3) is 0.524. The number of hydrogen-bond acceptors (Lipinski definition) is 5. The van der Waals surface area contributed by atoms with E-state index in [1.165, 1.54) is 5.56 Å². The lowest BCUT2D eigenvalue weighted by Gasteiger charge is -2.50. The van der Waals surface area contributed by atoms with Gasteiger partial charge in [-0.1, -0.05) is 6.07 Å². The predicted molar refractivity (Wildman–Crippen MR) is 99.6 cm³/mol. The molecule has 5 nitrogen and oxygen atoms in total. The molecule has 2 aliphatic heterocycles. The second-order valence-electron chi connectivity index (χ2n) is 7.51. The minimum absolute atomic E-state index is 0.0535. The lowest BCUT2D eigenvalue weighted by atomic mass is 9.79. The van der Waals surface area contributed by atoms with Crippen molar-refractivity contribution in [2.45, 2.75) is 38.5 Å². The van der Waals surface area contributed by atoms with Gasteiger partial charge < -0.3 is 9.47 Å². The largest absolute Gasteiger partial charge is 0.375 e. The monoisotopic (exact) mass is 353 g/mol. The van der Waals surface area contributed by atoms with Gasteiger partial charge >= 0.3 is 0 Å². The molecule has 2 aromatic heterocycles. The average Bonchev–Trinajstić information content (AvgIpc) is 3.03. The Labute approximate surface area is 155 Å². The smallest absolute Gasteiger partial charge is 0.0964 e. The second-order valence-corrected chi connectivity index (χ2v) is 7.51. The Morgan fingerprint density at radius 2 is 2.08 bits per heavy atom. The molecule has 0 amide bonds. The van der Waals surface area contributed by atoms with E-state index in [9.17, 15) is 0 Å². The van der Waals surface area contributed by atoms with E-state index in [0.29, 0.717) is 12.5 Å². The van der Waals surface area contributed by atoms with Gasteiger partial charge in [0.15, 0.2) is 0 Å². The molecule has 5 heteroatoms. The minimum atomic E-state index is 0.0535. The molecule has 2 aromatic rings. The van der Waals surface area contributed by atoms with Crippen molar-refractivity contribution in [2.75, 3.05) is 26.3 Å². The van der Waals surface area contributed by atoms with E-state index in [1.807, 2.05) is 37.5 Å². The first-order valence-corrected chi connectivity index (χ1v) is 9.49. The van der Waals surface area contributed by atoms with Gasteiger partial charge in [-0.15, -0.1) is 0 Å². The van der Waals surface area contributed by atoms with E-state index in [-0.39, 0.29) is 5.60 Å². The molecule has 26 heavy (non-hydrogen) atoms. The summed E-state index contributed by atoms with van der Waals surface area (Å²) in [4.78, 5) is 11.0. The summed E-state index contributed by atoms with van der Waals surface area (Å²) in [6.45, 7) is 7.30. The Hall–Kier alpha value is -1.82. The second kappa shape index (κ2) is 7.82. The van der Waals surface area contributed by atoms with Crippen LogP contribution in [0, 0.1) is 12.8 Å². The van der Waals surface area contributed by atoms with E-state index < -0.39 is 0 Å². The summed E-state index contributed by atoms with van der Waals surface area (Å²) in [5.41, 5.74) is 3.42. The number of ether oxygens (including phenoxy) is 2. The van der Waals surface area contributed by atoms with Crippen molar-refractivity contribution < 1.29 is 9.47 Å². The molecule has 0 aliphatic carbocycles. The summed E-state index contributed by atoms with van der Waals surface area (Å²) in [7, 11) is 0. The lowest BCUT2D eigenvalue weighted by Crippen LogP contribution is -2.64. The summed E-state index contributed by atoms with van der Waals surface area (Å²) in [5.74, 6) is 0.599. The predicted octanol–water partition coefficient (Wildman–Crippen LogP) is 2.98. The Morgan fingerprint density at radius 3 is 2.88 bits per heavy atom. The number of pyridine rings is 2. The number of likely N-dealkylation sites (tertiary alicyclic amines) is 1. The van der Waals surface area contributed by atoms with Gasteiger partial charge in [0, 0.05) is 50.9 Å². The fourth-order valence-corrected chi connectivity index (χ4v) is 4.19. The molecule has 0 N–H and O–H groups in total. The maximum atomic E-state index is 6.17. The summed E-state index contributed by atoms with van der Waals surface area (Å²) in [6, 6.07) is 10.2. The van der Waals surface area contributed by atoms with Gasteiger partial charge in [-0.3, -0.25) is 14.9 Å². The molecule has 1 spiro atoms. The maximum Gasteiger partial charge on any atom is 0.0964 e. The van der Waals surface area contributed by atoms with Crippen molar-refractivity contribution in [2.24, 2.45) is 5.92 Å². The highest BCUT2D eigenvalue weighted by molar-refractivity contribution is 5.13. The van der Waals surface area contributed by atoms with Crippen LogP contribution in [0.15, 0.2) is 42.7 Å². The zero-order valence-corrected chi connectivity index (χ0v) is 15.4. The molecule has 0 aromatic carbocycles. The van der Waals surface area contributed by atoms with E-state index >= 15 is 0 Å². The first-order chi connectivity index (χ1) is 12.7. The van der Waals surface area contributed by atoms with Crippen LogP contribution in [-0.2, 0) is 22.6 Å². The van der Waals surface area contributed by atoms with Crippen LogP contribution in [0.3, 0.4) is 0 Å². The third-order valence-electron chi connectivity index (χ3n) is 5.54. The molecule has 4 rings (SSSR count). The van der Waals surface area contributed by atoms with Gasteiger partial charge in [0.2, 0.25) is 0 Å². The summed E-state index contributed by atoms with van der Waals surface area (Å²) in [5, 5.41) is 0. The van der Waals surface area contributed by atoms with Crippen LogP contribution in [0.5, 0.6) is 0 Å². The first-order valence-electron chi connectivity index (χ1n) is 9.49. The molecule has 2 saturated heterocycles. The van der Waals surface area contributed by atoms with Crippen LogP contribution < -0.4 is 0 Å². The lowest BCUT2D eigenvalue weighted by molar-refractivity contribution is -0.139. The summed E-state index contributed by atoms with van der Waals surface area (Å²) < 4.78 is 12.0. The molecular formula is C21H27N3O2. The number of nitrogens with zero attached hydrogens (tertiary/aromatic N) is 3. The van der Waals surface area contributed by atoms with Gasteiger partial charge in [0.1, 0.15) is 0 Å². The number of aryl methyl sites for hydroxylation is 1. The molecule has 0 saturated carbocycles. The highest BCUT2D eigenvalue weighted by Gasteiger charge is 2.52. The summed E-state index contributed by atoms with van der Waals surface area (Å²) in [6.07, 6.45) is 5.93. The minimum Gasteiger partial charge on any atom is -0.375 e. The highest BCUT2D eigenvalue weighted by atomic mass is 16.5. The molecule has 0 bridgehead atoms. The van der Waals surface area contributed by atoms with Crippen molar-refractivity contribution in [1.82, 2.24) is 14.9 Å². The first kappa shape index (κ1) is 17.6. The number of rotatable bonds is 7. The van der Waals surface area contributed by atoms with Crippen LogP contribution in [0.4, 0.5) is 0 Å². The summed E-state index contributed by atoms with van der Waals surface area (Å²) >= 11 is 0. The number of hydrogen-bond donors (Lipinski definition) is 0. The molecule has 4 heterocycles. The Morgan fingerprint density at radius 1 is 1.23 bits per heavy atom. The van der Waals surface area contributed by atoms with Gasteiger partial charge in [-0.25, -0.2) is 0 Å². The van der Waals surface area contributed by atoms with Gasteiger partial charge in [0.05, 0.1) is 17.9 Å². The average molecular weight is 353 g/mol. The van der Waals surface area contributed by atoms with Crippen LogP contribution in [0.2, 0.25) is 0 Å². The van der Waals surface area contributed by atoms with E-state index in [1.54, 1.807) is 0 Å². The topological polar surface area (TPSA) is 47.5 Å². The fourth-order valence-electron chi connectivity index (χ4n) is 4.19. The number of aromatic nitrogens is 2. The molecular weight excluding hydrogens is 326 g/mol. The molecule has 2 fully saturated rings. The van der Waals surface area contributed by atoms with E-state index in [0.717, 1.165) is 57.1 Å².